The first-order valence-corrected chi connectivity index (χ1v) is 8.89. The lowest BCUT2D eigenvalue weighted by Crippen LogP contribution is -2.03. The Hall–Kier alpha value is -3.47. The van der Waals surface area contributed by atoms with Crippen molar-refractivity contribution in [2.75, 3.05) is 10.6 Å². The minimum absolute atomic E-state index is 0.559. The van der Waals surface area contributed by atoms with Gasteiger partial charge in [0, 0.05) is 23.5 Å². The van der Waals surface area contributed by atoms with E-state index in [0.29, 0.717) is 11.8 Å². The Morgan fingerprint density at radius 1 is 0.778 bits per heavy atom. The van der Waals surface area contributed by atoms with Crippen molar-refractivity contribution < 1.29 is 0 Å². The summed E-state index contributed by atoms with van der Waals surface area (Å²) in [7, 11) is 0. The van der Waals surface area contributed by atoms with Crippen LogP contribution in [-0.4, -0.2) is 15.0 Å². The van der Waals surface area contributed by atoms with Gasteiger partial charge in [-0.1, -0.05) is 35.9 Å². The molecular formula is C22H21N5. The molecule has 4 rings (SSSR count). The predicted octanol–water partition coefficient (Wildman–Crippen LogP) is 5.44. The third-order valence-electron chi connectivity index (χ3n) is 4.46. The molecular weight excluding hydrogens is 334 g/mol. The normalized spacial score (nSPS) is 10.8. The van der Waals surface area contributed by atoms with Gasteiger partial charge in [-0.05, 0) is 50.1 Å². The molecule has 0 bridgehead atoms. The summed E-state index contributed by atoms with van der Waals surface area (Å²) in [6, 6.07) is 16.2. The van der Waals surface area contributed by atoms with Gasteiger partial charge < -0.3 is 10.6 Å². The van der Waals surface area contributed by atoms with E-state index < -0.39 is 0 Å². The zero-order valence-electron chi connectivity index (χ0n) is 15.6. The molecule has 5 nitrogen and oxygen atoms in total. The summed E-state index contributed by atoms with van der Waals surface area (Å²) in [4.78, 5) is 13.5. The quantitative estimate of drug-likeness (QED) is 0.510. The Morgan fingerprint density at radius 3 is 2.37 bits per heavy atom. The van der Waals surface area contributed by atoms with E-state index in [4.69, 9.17) is 0 Å². The predicted molar refractivity (Wildman–Crippen MR) is 111 cm³/mol. The number of nitrogens with zero attached hydrogens (tertiary/aromatic N) is 3. The number of nitrogens with one attached hydrogen (secondary N) is 2. The van der Waals surface area contributed by atoms with Crippen molar-refractivity contribution in [3.05, 3.63) is 77.6 Å². The van der Waals surface area contributed by atoms with Gasteiger partial charge in [0.25, 0.3) is 0 Å². The summed E-state index contributed by atoms with van der Waals surface area (Å²) in [6.07, 6.45) is 3.54. The Kier molecular flexibility index (Phi) is 4.42. The first kappa shape index (κ1) is 17.0. The fraction of sp³-hybridized carbons (Fsp3) is 0.136. The molecule has 2 aromatic heterocycles. The Bertz CT molecular complexity index is 1090. The summed E-state index contributed by atoms with van der Waals surface area (Å²) in [5.41, 5.74) is 6.47. The maximum Gasteiger partial charge on any atom is 0.229 e. The number of hydrogen-bond donors (Lipinski definition) is 2. The number of hydrogen-bond acceptors (Lipinski definition) is 5. The number of pyridine rings is 1. The monoisotopic (exact) mass is 355 g/mol. The molecule has 0 atom stereocenters. The van der Waals surface area contributed by atoms with Crippen LogP contribution >= 0.6 is 0 Å². The highest BCUT2D eigenvalue weighted by molar-refractivity contribution is 5.91. The Morgan fingerprint density at radius 2 is 1.56 bits per heavy atom. The number of aryl methyl sites for hydroxylation is 3. The van der Waals surface area contributed by atoms with Crippen LogP contribution in [0.4, 0.5) is 23.1 Å². The van der Waals surface area contributed by atoms with Gasteiger partial charge in [0.2, 0.25) is 5.95 Å². The highest BCUT2D eigenvalue weighted by Crippen LogP contribution is 2.26. The smallest absolute Gasteiger partial charge is 0.229 e. The van der Waals surface area contributed by atoms with Crippen molar-refractivity contribution >= 4 is 34.0 Å². The fourth-order valence-electron chi connectivity index (χ4n) is 3.32. The third-order valence-corrected chi connectivity index (χ3v) is 4.46. The van der Waals surface area contributed by atoms with Crippen LogP contribution in [-0.2, 0) is 0 Å². The summed E-state index contributed by atoms with van der Waals surface area (Å²) in [5, 5.41) is 7.80. The third kappa shape index (κ3) is 3.58. The standard InChI is InChI=1S/C22H21N5/c1-14-12-15(2)20(16(3)13-14)27-22-24-11-9-19(26-22)25-18-8-4-6-17-7-5-10-23-21(17)18/h4-13H,1-3H3,(H2,24,25,26,27). The van der Waals surface area contributed by atoms with Gasteiger partial charge in [0.1, 0.15) is 5.82 Å². The molecule has 0 amide bonds. The van der Waals surface area contributed by atoms with Crippen LogP contribution in [0.2, 0.25) is 0 Å². The summed E-state index contributed by atoms with van der Waals surface area (Å²) < 4.78 is 0. The average Bonchev–Trinajstić information content (AvgIpc) is 2.65. The molecule has 2 heterocycles. The molecule has 4 aromatic rings. The van der Waals surface area contributed by atoms with E-state index in [-0.39, 0.29) is 0 Å². The molecule has 0 spiro atoms. The van der Waals surface area contributed by atoms with Crippen molar-refractivity contribution in [2.24, 2.45) is 0 Å². The fourth-order valence-corrected chi connectivity index (χ4v) is 3.32. The second-order valence-electron chi connectivity index (χ2n) is 6.67. The first-order valence-electron chi connectivity index (χ1n) is 8.89. The minimum atomic E-state index is 0.559. The van der Waals surface area contributed by atoms with E-state index in [0.717, 1.165) is 22.3 Å². The van der Waals surface area contributed by atoms with Crippen LogP contribution < -0.4 is 10.6 Å². The van der Waals surface area contributed by atoms with Crippen LogP contribution in [0.25, 0.3) is 10.9 Å². The highest BCUT2D eigenvalue weighted by Gasteiger charge is 2.08. The van der Waals surface area contributed by atoms with E-state index in [1.807, 2.05) is 36.4 Å². The largest absolute Gasteiger partial charge is 0.338 e. The van der Waals surface area contributed by atoms with E-state index >= 15 is 0 Å². The van der Waals surface area contributed by atoms with Crippen molar-refractivity contribution in [3.63, 3.8) is 0 Å². The summed E-state index contributed by atoms with van der Waals surface area (Å²) in [5.74, 6) is 1.27. The van der Waals surface area contributed by atoms with Crippen molar-refractivity contribution in [3.8, 4) is 0 Å². The van der Waals surface area contributed by atoms with Crippen LogP contribution in [0, 0.1) is 20.8 Å². The lowest BCUT2D eigenvalue weighted by Gasteiger charge is -2.14. The molecule has 2 N–H and O–H groups in total. The van der Waals surface area contributed by atoms with Gasteiger partial charge in [0.05, 0.1) is 11.2 Å². The number of aromatic nitrogens is 3. The molecule has 0 radical (unpaired) electrons. The van der Waals surface area contributed by atoms with Crippen molar-refractivity contribution in [1.82, 2.24) is 15.0 Å². The number of benzene rings is 2. The Balaban J connectivity index is 1.63. The topological polar surface area (TPSA) is 62.7 Å². The van der Waals surface area contributed by atoms with Gasteiger partial charge in [0.15, 0.2) is 0 Å². The van der Waals surface area contributed by atoms with E-state index in [2.05, 4.69) is 58.5 Å². The van der Waals surface area contributed by atoms with Gasteiger partial charge in [-0.2, -0.15) is 4.98 Å². The second-order valence-corrected chi connectivity index (χ2v) is 6.67. The van der Waals surface area contributed by atoms with E-state index in [1.54, 1.807) is 12.4 Å². The number of anilines is 4. The zero-order chi connectivity index (χ0) is 18.8. The number of fused-ring (bicyclic) bond motifs is 1. The first-order chi connectivity index (χ1) is 13.1. The second kappa shape index (κ2) is 7.03. The van der Waals surface area contributed by atoms with Crippen LogP contribution in [0.1, 0.15) is 16.7 Å². The summed E-state index contributed by atoms with van der Waals surface area (Å²) in [6.45, 7) is 6.28. The van der Waals surface area contributed by atoms with E-state index in [9.17, 15) is 0 Å². The van der Waals surface area contributed by atoms with Crippen molar-refractivity contribution in [2.45, 2.75) is 20.8 Å². The molecule has 0 unspecified atom stereocenters. The van der Waals surface area contributed by atoms with Crippen LogP contribution in [0.3, 0.4) is 0 Å². The van der Waals surface area contributed by atoms with Gasteiger partial charge >= 0.3 is 0 Å². The van der Waals surface area contributed by atoms with E-state index in [1.165, 1.54) is 16.7 Å². The lowest BCUT2D eigenvalue weighted by molar-refractivity contribution is 1.15. The SMILES string of the molecule is Cc1cc(C)c(Nc2nccc(Nc3cccc4cccnc34)n2)c(C)c1. The molecule has 2 aromatic carbocycles. The Labute approximate surface area is 158 Å². The van der Waals surface area contributed by atoms with Crippen LogP contribution in [0.15, 0.2) is 60.9 Å². The number of para-hydroxylation sites is 1. The van der Waals surface area contributed by atoms with Gasteiger partial charge in [-0.3, -0.25) is 4.98 Å². The molecule has 0 fully saturated rings. The van der Waals surface area contributed by atoms with Crippen LogP contribution in [0.5, 0.6) is 0 Å². The number of rotatable bonds is 4. The maximum absolute atomic E-state index is 4.61. The minimum Gasteiger partial charge on any atom is -0.338 e. The molecule has 27 heavy (non-hydrogen) atoms. The van der Waals surface area contributed by atoms with Gasteiger partial charge in [-0.15, -0.1) is 0 Å². The zero-order valence-corrected chi connectivity index (χ0v) is 15.6. The summed E-state index contributed by atoms with van der Waals surface area (Å²) >= 11 is 0. The molecule has 134 valence electrons. The maximum atomic E-state index is 4.61. The molecule has 0 aliphatic carbocycles. The molecule has 0 aliphatic heterocycles. The molecule has 0 aliphatic rings. The van der Waals surface area contributed by atoms with Crippen molar-refractivity contribution in [1.29, 1.82) is 0 Å². The highest BCUT2D eigenvalue weighted by atomic mass is 15.1. The van der Waals surface area contributed by atoms with Gasteiger partial charge in [-0.25, -0.2) is 4.98 Å². The average molecular weight is 355 g/mol. The molecule has 5 heteroatoms. The molecule has 0 saturated carbocycles. The lowest BCUT2D eigenvalue weighted by atomic mass is 10.1. The molecule has 0 saturated heterocycles.